The summed E-state index contributed by atoms with van der Waals surface area (Å²) in [6, 6.07) is 0. The first-order valence-corrected chi connectivity index (χ1v) is 9.95. The van der Waals surface area contributed by atoms with Crippen LogP contribution in [0, 0.1) is 34.5 Å². The third kappa shape index (κ3) is 3.51. The average molecular weight is 340 g/mol. The smallest absolute Gasteiger partial charge is 0.225 e. The predicted octanol–water partition coefficient (Wildman–Crippen LogP) is 4.64. The lowest BCUT2D eigenvalue weighted by Gasteiger charge is -2.37. The molecule has 22 heavy (non-hydrogen) atoms. The van der Waals surface area contributed by atoms with Crippen LogP contribution in [-0.2, 0) is 4.43 Å². The second kappa shape index (κ2) is 6.27. The number of hydrogen-bond donors (Lipinski definition) is 0. The molecule has 1 unspecified atom stereocenters. The van der Waals surface area contributed by atoms with Crippen LogP contribution >= 0.6 is 0 Å². The first-order valence-electron chi connectivity index (χ1n) is 7.04. The Kier molecular flexibility index (Phi) is 5.45. The molecule has 1 atom stereocenters. The fourth-order valence-electron chi connectivity index (χ4n) is 2.42. The largest absolute Gasteiger partial charge is 0.409 e. The van der Waals surface area contributed by atoms with Crippen molar-refractivity contribution >= 4 is 13.5 Å². The van der Waals surface area contributed by atoms with Gasteiger partial charge in [0.25, 0.3) is 0 Å². The van der Waals surface area contributed by atoms with Gasteiger partial charge in [-0.25, -0.2) is 22.0 Å². The van der Waals surface area contributed by atoms with Gasteiger partial charge in [-0.3, -0.25) is 0 Å². The van der Waals surface area contributed by atoms with Gasteiger partial charge >= 0.3 is 0 Å². The third-order valence-electron chi connectivity index (χ3n) is 3.59. The van der Waals surface area contributed by atoms with E-state index in [2.05, 4.69) is 0 Å². The lowest BCUT2D eigenvalue weighted by atomic mass is 9.88. The fourth-order valence-corrected chi connectivity index (χ4v) is 5.05. The minimum absolute atomic E-state index is 0.316. The van der Waals surface area contributed by atoms with Crippen molar-refractivity contribution in [2.24, 2.45) is 5.41 Å². The maximum atomic E-state index is 14.0. The van der Waals surface area contributed by atoms with Crippen LogP contribution in [-0.4, -0.2) is 14.4 Å². The Balaban J connectivity index is 3.41. The van der Waals surface area contributed by atoms with Crippen molar-refractivity contribution in [3.05, 3.63) is 29.1 Å². The van der Waals surface area contributed by atoms with E-state index in [1.165, 1.54) is 13.1 Å². The van der Waals surface area contributed by atoms with E-state index in [0.717, 1.165) is 0 Å². The van der Waals surface area contributed by atoms with E-state index in [1.54, 1.807) is 0 Å². The summed E-state index contributed by atoms with van der Waals surface area (Å²) in [5, 5.41) is -0.813. The second-order valence-electron chi connectivity index (χ2n) is 6.84. The van der Waals surface area contributed by atoms with Gasteiger partial charge in [-0.05, 0) is 24.9 Å². The van der Waals surface area contributed by atoms with Crippen LogP contribution in [0.2, 0.25) is 13.1 Å². The molecule has 0 saturated carbocycles. The van der Waals surface area contributed by atoms with Gasteiger partial charge in [-0.15, -0.1) is 0 Å². The van der Waals surface area contributed by atoms with Crippen LogP contribution in [0.15, 0.2) is 0 Å². The molecule has 126 valence electrons. The maximum absolute atomic E-state index is 14.0. The van der Waals surface area contributed by atoms with E-state index in [4.69, 9.17) is 4.43 Å². The van der Waals surface area contributed by atoms with Crippen LogP contribution < -0.4 is 5.19 Å². The minimum atomic E-state index is -3.34. The van der Waals surface area contributed by atoms with E-state index < -0.39 is 42.6 Å². The van der Waals surface area contributed by atoms with Crippen molar-refractivity contribution < 1.29 is 26.4 Å². The van der Waals surface area contributed by atoms with Crippen LogP contribution in [0.5, 0.6) is 0 Å². The second-order valence-corrected chi connectivity index (χ2v) is 10.6. The van der Waals surface area contributed by atoms with Crippen molar-refractivity contribution in [1.82, 2.24) is 0 Å². The molecule has 1 aromatic rings. The van der Waals surface area contributed by atoms with E-state index in [9.17, 15) is 22.0 Å². The quantitative estimate of drug-likeness (QED) is 0.336. The zero-order chi connectivity index (χ0) is 17.5. The monoisotopic (exact) mass is 340 g/mol. The highest BCUT2D eigenvalue weighted by Crippen LogP contribution is 2.29. The molecule has 0 N–H and O–H groups in total. The number of benzene rings is 1. The highest BCUT2D eigenvalue weighted by molar-refractivity contribution is 6.84. The Morgan fingerprint density at radius 2 is 1.23 bits per heavy atom. The summed E-state index contributed by atoms with van der Waals surface area (Å²) in [4.78, 5) is 0. The Labute approximate surface area is 128 Å². The summed E-state index contributed by atoms with van der Waals surface area (Å²) in [5.74, 6) is -9.59. The van der Waals surface area contributed by atoms with Crippen molar-refractivity contribution in [2.75, 3.05) is 0 Å². The molecule has 0 aliphatic heterocycles. The molecule has 1 nitrogen and oxygen atoms in total. The lowest BCUT2D eigenvalue weighted by molar-refractivity contribution is 0.0779. The molecule has 0 aromatic heterocycles. The van der Waals surface area contributed by atoms with E-state index >= 15 is 0 Å². The number of rotatable bonds is 4. The standard InChI is InChI=1S/C15H21F5OSi/c1-7-8(15(2,3)4)21-22(5,6)14-12(19)10(17)9(16)11(18)13(14)20/h8H,7H2,1-6H3. The van der Waals surface area contributed by atoms with Crippen molar-refractivity contribution in [2.45, 2.75) is 53.3 Å². The van der Waals surface area contributed by atoms with Crippen LogP contribution in [0.3, 0.4) is 0 Å². The highest BCUT2D eigenvalue weighted by atomic mass is 28.4. The molecule has 1 aromatic carbocycles. The molecule has 0 saturated heterocycles. The highest BCUT2D eigenvalue weighted by Gasteiger charge is 2.41. The summed E-state index contributed by atoms with van der Waals surface area (Å²) in [6.07, 6.45) is 0.208. The van der Waals surface area contributed by atoms with Gasteiger partial charge in [0.15, 0.2) is 23.3 Å². The molecule has 0 spiro atoms. The predicted molar refractivity (Wildman–Crippen MR) is 78.0 cm³/mol. The van der Waals surface area contributed by atoms with Gasteiger partial charge in [0.2, 0.25) is 14.1 Å². The molecule has 1 rings (SSSR count). The van der Waals surface area contributed by atoms with Crippen molar-refractivity contribution in [3.8, 4) is 0 Å². The van der Waals surface area contributed by atoms with Gasteiger partial charge in [-0.2, -0.15) is 0 Å². The molecular weight excluding hydrogens is 319 g/mol. The molecule has 0 bridgehead atoms. The van der Waals surface area contributed by atoms with Crippen LogP contribution in [0.25, 0.3) is 0 Å². The molecule has 0 radical (unpaired) electrons. The molecule has 0 aliphatic carbocycles. The Morgan fingerprint density at radius 1 is 0.864 bits per heavy atom. The summed E-state index contributed by atoms with van der Waals surface area (Å²) in [7, 11) is -3.34. The average Bonchev–Trinajstić information content (AvgIpc) is 2.39. The van der Waals surface area contributed by atoms with Crippen LogP contribution in [0.1, 0.15) is 34.1 Å². The molecular formula is C15H21F5OSi. The summed E-state index contributed by atoms with van der Waals surface area (Å²) in [5.41, 5.74) is -0.316. The molecule has 0 aliphatic rings. The lowest BCUT2D eigenvalue weighted by Crippen LogP contribution is -2.53. The van der Waals surface area contributed by atoms with E-state index in [1.807, 2.05) is 27.7 Å². The van der Waals surface area contributed by atoms with Gasteiger partial charge in [0.1, 0.15) is 0 Å². The SMILES string of the molecule is CCC(O[Si](C)(C)c1c(F)c(F)c(F)c(F)c1F)C(C)(C)C. The molecule has 0 amide bonds. The van der Waals surface area contributed by atoms with Crippen molar-refractivity contribution in [3.63, 3.8) is 0 Å². The zero-order valence-corrected chi connectivity index (χ0v) is 14.6. The van der Waals surface area contributed by atoms with Crippen molar-refractivity contribution in [1.29, 1.82) is 0 Å². The summed E-state index contributed by atoms with van der Waals surface area (Å²) < 4.78 is 73.8. The fraction of sp³-hybridized carbons (Fsp3) is 0.600. The summed E-state index contributed by atoms with van der Waals surface area (Å²) >= 11 is 0. The maximum Gasteiger partial charge on any atom is 0.225 e. The van der Waals surface area contributed by atoms with E-state index in [-0.39, 0.29) is 11.5 Å². The Bertz CT molecular complexity index is 537. The normalized spacial score (nSPS) is 14.3. The zero-order valence-electron chi connectivity index (χ0n) is 13.6. The molecule has 0 heterocycles. The first-order chi connectivity index (χ1) is 9.84. The van der Waals surface area contributed by atoms with E-state index in [0.29, 0.717) is 6.42 Å². The molecule has 7 heteroatoms. The summed E-state index contributed by atoms with van der Waals surface area (Å²) in [6.45, 7) is 10.4. The van der Waals surface area contributed by atoms with Gasteiger partial charge in [-0.1, -0.05) is 27.7 Å². The minimum Gasteiger partial charge on any atom is -0.409 e. The van der Waals surface area contributed by atoms with Gasteiger partial charge in [0, 0.05) is 11.3 Å². The first kappa shape index (κ1) is 19.1. The Morgan fingerprint density at radius 3 is 1.55 bits per heavy atom. The van der Waals surface area contributed by atoms with Gasteiger partial charge in [0.05, 0.1) is 0 Å². The van der Waals surface area contributed by atoms with Gasteiger partial charge < -0.3 is 4.43 Å². The molecule has 0 fully saturated rings. The topological polar surface area (TPSA) is 9.23 Å². The number of halogens is 5. The Hall–Kier alpha value is -0.953. The number of hydrogen-bond acceptors (Lipinski definition) is 1. The third-order valence-corrected chi connectivity index (χ3v) is 6.10. The van der Waals surface area contributed by atoms with Crippen LogP contribution in [0.4, 0.5) is 22.0 Å².